The average Bonchev–Trinajstić information content (AvgIpc) is 2.12. The van der Waals surface area contributed by atoms with E-state index in [0.717, 1.165) is 0 Å². The molecule has 0 saturated heterocycles. The minimum absolute atomic E-state index is 1.25. The Kier molecular flexibility index (Phi) is 1.87. The minimum Gasteiger partial charge on any atom is -0.261 e. The van der Waals surface area contributed by atoms with E-state index in [1.54, 1.807) is 5.56 Å². The van der Waals surface area contributed by atoms with Crippen molar-refractivity contribution in [2.24, 2.45) is 0 Å². The van der Waals surface area contributed by atoms with Crippen LogP contribution < -0.4 is 0 Å². The van der Waals surface area contributed by atoms with Crippen molar-refractivity contribution in [2.75, 3.05) is 0 Å². The Hall–Kier alpha value is -0.850. The highest BCUT2D eigenvalue weighted by molar-refractivity contribution is 5.37. The minimum atomic E-state index is 1.25. The highest BCUT2D eigenvalue weighted by Crippen LogP contribution is 2.25. The van der Waals surface area contributed by atoms with E-state index in [-0.39, 0.29) is 0 Å². The highest BCUT2D eigenvalue weighted by atomic mass is 14.7. The molecular formula is C11H15N. The maximum Gasteiger partial charge on any atom is 0.0407 e. The van der Waals surface area contributed by atoms with Crippen LogP contribution in [0.4, 0.5) is 0 Å². The molecule has 2 rings (SSSR count). The van der Waals surface area contributed by atoms with Gasteiger partial charge in [-0.3, -0.25) is 4.98 Å². The van der Waals surface area contributed by atoms with Gasteiger partial charge in [0.25, 0.3) is 0 Å². The Balaban J connectivity index is 2.57. The van der Waals surface area contributed by atoms with Crippen LogP contribution in [0.25, 0.3) is 0 Å². The Morgan fingerprint density at radius 1 is 1.08 bits per heavy atom. The third kappa shape index (κ3) is 1.13. The summed E-state index contributed by atoms with van der Waals surface area (Å²) in [4.78, 5) is 4.39. The zero-order chi connectivity index (χ0) is 8.55. The molecule has 1 aromatic heterocycles. The van der Waals surface area contributed by atoms with Crippen molar-refractivity contribution in [3.63, 3.8) is 0 Å². The van der Waals surface area contributed by atoms with Gasteiger partial charge in [-0.2, -0.15) is 0 Å². The predicted octanol–water partition coefficient (Wildman–Crippen LogP) is 2.58. The number of fused-ring (bicyclic) bond motifs is 1. The standard InChI is InChI=1S/C11H15N/c1-8-7-12-9(2)11-6-4-3-5-10(8)11/h7H,3-6H2,1-2H3. The van der Waals surface area contributed by atoms with Crippen molar-refractivity contribution in [1.82, 2.24) is 4.98 Å². The Morgan fingerprint density at radius 2 is 1.75 bits per heavy atom. The SMILES string of the molecule is Cc1cnc(C)c2c1CCCC2. The second-order valence-corrected chi connectivity index (χ2v) is 3.69. The molecule has 0 radical (unpaired) electrons. The number of pyridine rings is 1. The number of aromatic nitrogens is 1. The molecular weight excluding hydrogens is 146 g/mol. The molecule has 0 bridgehead atoms. The Morgan fingerprint density at radius 3 is 2.42 bits per heavy atom. The lowest BCUT2D eigenvalue weighted by atomic mass is 9.89. The van der Waals surface area contributed by atoms with Crippen molar-refractivity contribution >= 4 is 0 Å². The van der Waals surface area contributed by atoms with E-state index < -0.39 is 0 Å². The molecule has 0 amide bonds. The summed E-state index contributed by atoms with van der Waals surface area (Å²) in [6, 6.07) is 0. The van der Waals surface area contributed by atoms with Crippen LogP contribution in [-0.2, 0) is 12.8 Å². The van der Waals surface area contributed by atoms with Gasteiger partial charge in [0.2, 0.25) is 0 Å². The topological polar surface area (TPSA) is 12.9 Å². The van der Waals surface area contributed by atoms with Gasteiger partial charge >= 0.3 is 0 Å². The molecule has 1 aliphatic rings. The van der Waals surface area contributed by atoms with Crippen molar-refractivity contribution in [1.29, 1.82) is 0 Å². The molecule has 1 aliphatic carbocycles. The van der Waals surface area contributed by atoms with Gasteiger partial charge in [-0.25, -0.2) is 0 Å². The van der Waals surface area contributed by atoms with Crippen LogP contribution in [-0.4, -0.2) is 4.98 Å². The summed E-state index contributed by atoms with van der Waals surface area (Å²) in [7, 11) is 0. The first-order valence-corrected chi connectivity index (χ1v) is 4.73. The molecule has 1 heterocycles. The first kappa shape index (κ1) is 7.78. The summed E-state index contributed by atoms with van der Waals surface area (Å²) in [5, 5.41) is 0. The number of hydrogen-bond donors (Lipinski definition) is 0. The number of nitrogens with zero attached hydrogens (tertiary/aromatic N) is 1. The molecule has 0 aliphatic heterocycles. The summed E-state index contributed by atoms with van der Waals surface area (Å²) in [6.07, 6.45) is 7.23. The van der Waals surface area contributed by atoms with Crippen molar-refractivity contribution in [3.8, 4) is 0 Å². The van der Waals surface area contributed by atoms with Crippen molar-refractivity contribution in [3.05, 3.63) is 28.6 Å². The van der Waals surface area contributed by atoms with Crippen molar-refractivity contribution < 1.29 is 0 Å². The molecule has 64 valence electrons. The third-order valence-electron chi connectivity index (χ3n) is 2.83. The molecule has 0 atom stereocenters. The third-order valence-corrected chi connectivity index (χ3v) is 2.83. The van der Waals surface area contributed by atoms with Gasteiger partial charge in [0.1, 0.15) is 0 Å². The number of aryl methyl sites for hydroxylation is 2. The van der Waals surface area contributed by atoms with E-state index in [0.29, 0.717) is 0 Å². The zero-order valence-corrected chi connectivity index (χ0v) is 7.85. The fraction of sp³-hybridized carbons (Fsp3) is 0.545. The van der Waals surface area contributed by atoms with Crippen LogP contribution in [0.2, 0.25) is 0 Å². The molecule has 1 aromatic rings. The molecule has 0 fully saturated rings. The second-order valence-electron chi connectivity index (χ2n) is 3.69. The summed E-state index contributed by atoms with van der Waals surface area (Å²) >= 11 is 0. The van der Waals surface area contributed by atoms with Gasteiger partial charge in [-0.05, 0) is 56.2 Å². The van der Waals surface area contributed by atoms with Gasteiger partial charge in [-0.15, -0.1) is 0 Å². The molecule has 0 saturated carbocycles. The molecule has 1 nitrogen and oxygen atoms in total. The normalized spacial score (nSPS) is 15.8. The average molecular weight is 161 g/mol. The molecule has 0 spiro atoms. The van der Waals surface area contributed by atoms with Crippen LogP contribution in [0.3, 0.4) is 0 Å². The molecule has 1 heteroatoms. The maximum absolute atomic E-state index is 4.39. The largest absolute Gasteiger partial charge is 0.261 e. The summed E-state index contributed by atoms with van der Waals surface area (Å²) in [5.74, 6) is 0. The van der Waals surface area contributed by atoms with Gasteiger partial charge < -0.3 is 0 Å². The fourth-order valence-electron chi connectivity index (χ4n) is 2.09. The lowest BCUT2D eigenvalue weighted by Crippen LogP contribution is -2.08. The number of rotatable bonds is 0. The van der Waals surface area contributed by atoms with Gasteiger partial charge in [0.05, 0.1) is 0 Å². The summed E-state index contributed by atoms with van der Waals surface area (Å²) in [6.45, 7) is 4.31. The fourth-order valence-corrected chi connectivity index (χ4v) is 2.09. The monoisotopic (exact) mass is 161 g/mol. The predicted molar refractivity (Wildman–Crippen MR) is 50.4 cm³/mol. The molecule has 0 N–H and O–H groups in total. The zero-order valence-electron chi connectivity index (χ0n) is 7.85. The van der Waals surface area contributed by atoms with Gasteiger partial charge in [-0.1, -0.05) is 0 Å². The van der Waals surface area contributed by atoms with Crippen LogP contribution in [0.15, 0.2) is 6.20 Å². The molecule has 12 heavy (non-hydrogen) atoms. The van der Waals surface area contributed by atoms with E-state index >= 15 is 0 Å². The Labute approximate surface area is 73.8 Å². The van der Waals surface area contributed by atoms with E-state index in [1.165, 1.54) is 42.5 Å². The Bertz CT molecular complexity index is 271. The lowest BCUT2D eigenvalue weighted by molar-refractivity contribution is 0.673. The van der Waals surface area contributed by atoms with Gasteiger partial charge in [0.15, 0.2) is 0 Å². The van der Waals surface area contributed by atoms with Crippen LogP contribution in [0.5, 0.6) is 0 Å². The van der Waals surface area contributed by atoms with Gasteiger partial charge in [0, 0.05) is 11.9 Å². The van der Waals surface area contributed by atoms with Crippen LogP contribution in [0, 0.1) is 13.8 Å². The quantitative estimate of drug-likeness (QED) is 0.570. The summed E-state index contributed by atoms with van der Waals surface area (Å²) in [5.41, 5.74) is 5.74. The van der Waals surface area contributed by atoms with E-state index in [9.17, 15) is 0 Å². The smallest absolute Gasteiger partial charge is 0.0407 e. The first-order chi connectivity index (χ1) is 5.79. The van der Waals surface area contributed by atoms with E-state index in [2.05, 4.69) is 18.8 Å². The van der Waals surface area contributed by atoms with Crippen LogP contribution in [0.1, 0.15) is 35.2 Å². The second kappa shape index (κ2) is 2.89. The number of hydrogen-bond acceptors (Lipinski definition) is 1. The highest BCUT2D eigenvalue weighted by Gasteiger charge is 2.13. The van der Waals surface area contributed by atoms with Crippen molar-refractivity contribution in [2.45, 2.75) is 39.5 Å². The first-order valence-electron chi connectivity index (χ1n) is 4.73. The lowest BCUT2D eigenvalue weighted by Gasteiger charge is -2.19. The van der Waals surface area contributed by atoms with Crippen LogP contribution >= 0.6 is 0 Å². The summed E-state index contributed by atoms with van der Waals surface area (Å²) < 4.78 is 0. The molecule has 0 aromatic carbocycles. The maximum atomic E-state index is 4.39. The van der Waals surface area contributed by atoms with E-state index in [1.807, 2.05) is 6.20 Å². The van der Waals surface area contributed by atoms with E-state index in [4.69, 9.17) is 0 Å². The molecule has 0 unspecified atom stereocenters.